The summed E-state index contributed by atoms with van der Waals surface area (Å²) in [5.74, 6) is -2.38. The van der Waals surface area contributed by atoms with Gasteiger partial charge in [-0.2, -0.15) is 0 Å². The third-order valence-electron chi connectivity index (χ3n) is 6.67. The lowest BCUT2D eigenvalue weighted by Gasteiger charge is -2.30. The molecule has 1 aromatic rings. The van der Waals surface area contributed by atoms with E-state index in [1.54, 1.807) is 0 Å². The summed E-state index contributed by atoms with van der Waals surface area (Å²) in [5.41, 5.74) is 11.5. The molecule has 12 heteroatoms. The second-order valence-electron chi connectivity index (χ2n) is 9.44. The number of likely N-dealkylation sites (tertiary alicyclic amines) is 1. The van der Waals surface area contributed by atoms with E-state index in [2.05, 4.69) is 20.9 Å². The summed E-state index contributed by atoms with van der Waals surface area (Å²) < 4.78 is 0. The standard InChI is InChI=1S/C25H37N7O5/c26-25(27)29-13-5-10-18(24(36)37)30-22(34)20-11-6-14-32(20)23(35)19(15-16-7-2-1-3-8-16)31-21(33)17-9-4-12-28-17/h1-3,7-8,17-20,28H,4-6,9-15H2,(H,30,34)(H,31,33)(H,36,37)(H4,26,27,29). The molecule has 12 nitrogen and oxygen atoms in total. The van der Waals surface area contributed by atoms with Gasteiger partial charge in [0.2, 0.25) is 17.7 Å². The van der Waals surface area contributed by atoms with E-state index in [1.807, 2.05) is 30.3 Å². The molecule has 0 radical (unpaired) electrons. The van der Waals surface area contributed by atoms with Gasteiger partial charge >= 0.3 is 5.97 Å². The number of carbonyl (C=O) groups excluding carboxylic acids is 3. The highest BCUT2D eigenvalue weighted by Crippen LogP contribution is 2.20. The Hall–Kier alpha value is -3.67. The van der Waals surface area contributed by atoms with E-state index < -0.39 is 30.0 Å². The Bertz CT molecular complexity index is 977. The average molecular weight is 516 g/mol. The number of nitrogens with two attached hydrogens (primary N) is 2. The molecule has 2 aliphatic heterocycles. The van der Waals surface area contributed by atoms with Gasteiger partial charge in [0, 0.05) is 19.5 Å². The Morgan fingerprint density at radius 2 is 1.78 bits per heavy atom. The van der Waals surface area contributed by atoms with Crippen LogP contribution in [0.2, 0.25) is 0 Å². The third kappa shape index (κ3) is 8.17. The SMILES string of the molecule is NC(N)=NCCCC(NC(=O)C1CCCN1C(=O)C(Cc1ccccc1)NC(=O)C1CCCN1)C(=O)O. The Balaban J connectivity index is 1.69. The number of rotatable bonds is 12. The lowest BCUT2D eigenvalue weighted by molar-refractivity contribution is -0.145. The van der Waals surface area contributed by atoms with Gasteiger partial charge in [0.05, 0.1) is 6.04 Å². The van der Waals surface area contributed by atoms with Gasteiger partial charge < -0.3 is 37.4 Å². The van der Waals surface area contributed by atoms with E-state index in [4.69, 9.17) is 11.5 Å². The van der Waals surface area contributed by atoms with Gasteiger partial charge in [-0.3, -0.25) is 19.4 Å². The molecule has 2 saturated heterocycles. The summed E-state index contributed by atoms with van der Waals surface area (Å²) in [4.78, 5) is 56.6. The summed E-state index contributed by atoms with van der Waals surface area (Å²) in [6.45, 7) is 1.34. The van der Waals surface area contributed by atoms with Crippen molar-refractivity contribution in [3.8, 4) is 0 Å². The lowest BCUT2D eigenvalue weighted by atomic mass is 10.0. The molecule has 0 spiro atoms. The monoisotopic (exact) mass is 515 g/mol. The molecule has 2 fully saturated rings. The quantitative estimate of drug-likeness (QED) is 0.117. The number of aliphatic carboxylic acids is 1. The maximum Gasteiger partial charge on any atom is 0.326 e. The van der Waals surface area contributed by atoms with Gasteiger partial charge in [-0.05, 0) is 50.6 Å². The predicted molar refractivity (Wildman–Crippen MR) is 137 cm³/mol. The van der Waals surface area contributed by atoms with Crippen LogP contribution in [0.15, 0.2) is 35.3 Å². The van der Waals surface area contributed by atoms with Gasteiger partial charge in [-0.25, -0.2) is 4.79 Å². The first kappa shape index (κ1) is 27.9. The van der Waals surface area contributed by atoms with Gasteiger partial charge in [0.15, 0.2) is 5.96 Å². The van der Waals surface area contributed by atoms with Crippen molar-refractivity contribution in [3.05, 3.63) is 35.9 Å². The summed E-state index contributed by atoms with van der Waals surface area (Å²) in [7, 11) is 0. The van der Waals surface area contributed by atoms with E-state index >= 15 is 0 Å². The van der Waals surface area contributed by atoms with E-state index in [9.17, 15) is 24.3 Å². The van der Waals surface area contributed by atoms with Crippen LogP contribution in [-0.2, 0) is 25.6 Å². The summed E-state index contributed by atoms with van der Waals surface area (Å²) in [6.07, 6.45) is 3.39. The molecule has 8 N–H and O–H groups in total. The molecule has 0 bridgehead atoms. The first-order chi connectivity index (χ1) is 17.8. The number of hydrogen-bond acceptors (Lipinski definition) is 6. The Kier molecular flexibility index (Phi) is 10.2. The number of amides is 3. The Labute approximate surface area is 216 Å². The molecular formula is C25H37N7O5. The van der Waals surface area contributed by atoms with E-state index in [-0.39, 0.29) is 43.2 Å². The van der Waals surface area contributed by atoms with Gasteiger partial charge in [0.25, 0.3) is 0 Å². The van der Waals surface area contributed by atoms with Crippen molar-refractivity contribution in [2.24, 2.45) is 16.5 Å². The van der Waals surface area contributed by atoms with Crippen LogP contribution in [0.25, 0.3) is 0 Å². The number of nitrogens with zero attached hydrogens (tertiary/aromatic N) is 2. The fourth-order valence-electron chi connectivity index (χ4n) is 4.76. The maximum absolute atomic E-state index is 13.7. The molecule has 202 valence electrons. The number of guanidine groups is 1. The highest BCUT2D eigenvalue weighted by Gasteiger charge is 2.39. The topological polar surface area (TPSA) is 192 Å². The molecule has 4 atom stereocenters. The average Bonchev–Trinajstić information content (AvgIpc) is 3.58. The molecular weight excluding hydrogens is 478 g/mol. The molecule has 37 heavy (non-hydrogen) atoms. The van der Waals surface area contributed by atoms with Crippen LogP contribution < -0.4 is 27.4 Å². The molecule has 0 saturated carbocycles. The van der Waals surface area contributed by atoms with Gasteiger partial charge in [-0.1, -0.05) is 30.3 Å². The first-order valence-corrected chi connectivity index (χ1v) is 12.7. The highest BCUT2D eigenvalue weighted by atomic mass is 16.4. The zero-order chi connectivity index (χ0) is 26.8. The van der Waals surface area contributed by atoms with Gasteiger partial charge in [0.1, 0.15) is 18.1 Å². The van der Waals surface area contributed by atoms with Crippen LogP contribution in [0, 0.1) is 0 Å². The van der Waals surface area contributed by atoms with E-state index in [0.29, 0.717) is 32.2 Å². The van der Waals surface area contributed by atoms with Crippen LogP contribution in [0.5, 0.6) is 0 Å². The molecule has 2 aliphatic rings. The van der Waals surface area contributed by atoms with Crippen LogP contribution in [0.3, 0.4) is 0 Å². The van der Waals surface area contributed by atoms with Crippen LogP contribution >= 0.6 is 0 Å². The molecule has 2 heterocycles. The van der Waals surface area contributed by atoms with Crippen LogP contribution in [0.1, 0.15) is 44.1 Å². The molecule has 0 aliphatic carbocycles. The minimum Gasteiger partial charge on any atom is -0.480 e. The van der Waals surface area contributed by atoms with Crippen molar-refractivity contribution in [1.29, 1.82) is 0 Å². The highest BCUT2D eigenvalue weighted by molar-refractivity contribution is 5.94. The summed E-state index contributed by atoms with van der Waals surface area (Å²) in [6, 6.07) is 6.23. The number of aliphatic imine (C=N–C) groups is 1. The van der Waals surface area contributed by atoms with Crippen molar-refractivity contribution in [1.82, 2.24) is 20.9 Å². The van der Waals surface area contributed by atoms with Crippen molar-refractivity contribution < 1.29 is 24.3 Å². The fourth-order valence-corrected chi connectivity index (χ4v) is 4.76. The summed E-state index contributed by atoms with van der Waals surface area (Å²) >= 11 is 0. The molecule has 3 amide bonds. The molecule has 0 aromatic heterocycles. The Morgan fingerprint density at radius 3 is 2.43 bits per heavy atom. The third-order valence-corrected chi connectivity index (χ3v) is 6.67. The predicted octanol–water partition coefficient (Wildman–Crippen LogP) is -0.920. The normalized spacial score (nSPS) is 20.6. The minimum atomic E-state index is -1.17. The number of carbonyl (C=O) groups is 4. The van der Waals surface area contributed by atoms with Crippen molar-refractivity contribution in [2.45, 2.75) is 69.1 Å². The van der Waals surface area contributed by atoms with E-state index in [1.165, 1.54) is 4.90 Å². The smallest absolute Gasteiger partial charge is 0.326 e. The number of hydrogen-bond donors (Lipinski definition) is 6. The molecule has 1 aromatic carbocycles. The lowest BCUT2D eigenvalue weighted by Crippen LogP contribution is -2.57. The molecule has 4 unspecified atom stereocenters. The summed E-state index contributed by atoms with van der Waals surface area (Å²) in [5, 5.41) is 18.2. The van der Waals surface area contributed by atoms with Crippen LogP contribution in [0.4, 0.5) is 0 Å². The number of carboxylic acid groups (broad SMARTS) is 1. The van der Waals surface area contributed by atoms with Crippen molar-refractivity contribution in [3.63, 3.8) is 0 Å². The first-order valence-electron chi connectivity index (χ1n) is 12.7. The number of nitrogens with one attached hydrogen (secondary N) is 3. The van der Waals surface area contributed by atoms with Gasteiger partial charge in [-0.15, -0.1) is 0 Å². The number of carboxylic acids is 1. The maximum atomic E-state index is 13.7. The molecule has 3 rings (SSSR count). The number of benzene rings is 1. The fraction of sp³-hybridized carbons (Fsp3) is 0.560. The zero-order valence-electron chi connectivity index (χ0n) is 20.9. The van der Waals surface area contributed by atoms with Crippen LogP contribution in [-0.4, -0.2) is 83.5 Å². The van der Waals surface area contributed by atoms with E-state index in [0.717, 1.165) is 18.5 Å². The second-order valence-corrected chi connectivity index (χ2v) is 9.44. The largest absolute Gasteiger partial charge is 0.480 e. The Morgan fingerprint density at radius 1 is 1.05 bits per heavy atom. The minimum absolute atomic E-state index is 0.0862. The second kappa shape index (κ2) is 13.6. The zero-order valence-corrected chi connectivity index (χ0v) is 20.9. The van der Waals surface area contributed by atoms with Crippen molar-refractivity contribution in [2.75, 3.05) is 19.6 Å². The van der Waals surface area contributed by atoms with Crippen molar-refractivity contribution >= 4 is 29.7 Å².